The summed E-state index contributed by atoms with van der Waals surface area (Å²) >= 11 is -2.24. The van der Waals surface area contributed by atoms with E-state index in [9.17, 15) is 8.76 Å². The topological polar surface area (TPSA) is 92.1 Å². The van der Waals surface area contributed by atoms with E-state index >= 15 is 0 Å². The highest BCUT2D eigenvalue weighted by Gasteiger charge is 2.08. The summed E-state index contributed by atoms with van der Waals surface area (Å²) in [6, 6.07) is 13.4. The van der Waals surface area contributed by atoms with Crippen molar-refractivity contribution in [1.82, 2.24) is 19.7 Å². The van der Waals surface area contributed by atoms with Gasteiger partial charge in [-0.15, -0.1) is 5.10 Å². The van der Waals surface area contributed by atoms with Crippen molar-refractivity contribution in [3.8, 4) is 11.4 Å². The highest BCUT2D eigenvalue weighted by molar-refractivity contribution is 7.77. The van der Waals surface area contributed by atoms with Crippen LogP contribution in [0.3, 0.4) is 0 Å². The van der Waals surface area contributed by atoms with E-state index in [0.29, 0.717) is 13.0 Å². The summed E-state index contributed by atoms with van der Waals surface area (Å²) in [4.78, 5) is 0. The second kappa shape index (κ2) is 6.86. The Kier molecular flexibility index (Phi) is 4.65. The Morgan fingerprint density at radius 3 is 2.96 bits per heavy atom. The molecule has 7 nitrogen and oxygen atoms in total. The molecule has 1 unspecified atom stereocenters. The van der Waals surface area contributed by atoms with Gasteiger partial charge in [0.05, 0.1) is 18.3 Å². The first-order valence-electron chi connectivity index (χ1n) is 6.99. The van der Waals surface area contributed by atoms with Crippen molar-refractivity contribution in [1.29, 1.82) is 0 Å². The number of hydrogen-bond acceptors (Lipinski definition) is 5. The fourth-order valence-electron chi connectivity index (χ4n) is 2.34. The molecular weight excluding hydrogens is 316 g/mol. The van der Waals surface area contributed by atoms with E-state index in [4.69, 9.17) is 4.74 Å². The Hall–Kier alpha value is -2.29. The van der Waals surface area contributed by atoms with Crippen molar-refractivity contribution in [3.05, 3.63) is 48.0 Å². The molecule has 0 fully saturated rings. The Labute approximate surface area is 135 Å². The summed E-state index contributed by atoms with van der Waals surface area (Å²) in [5, 5.41) is 8.35. The zero-order valence-electron chi connectivity index (χ0n) is 12.4. The number of methoxy groups -OCH3 is 1. The number of fused-ring (bicyclic) bond motifs is 1. The molecule has 1 aromatic heterocycles. The molecule has 0 amide bonds. The van der Waals surface area contributed by atoms with Gasteiger partial charge < -0.3 is 9.29 Å². The maximum atomic E-state index is 10.5. The maximum Gasteiger partial charge on any atom is 0.121 e. The van der Waals surface area contributed by atoms with Gasteiger partial charge >= 0.3 is 0 Å². The van der Waals surface area contributed by atoms with Crippen LogP contribution in [0, 0.1) is 0 Å². The van der Waals surface area contributed by atoms with Crippen LogP contribution in [0.2, 0.25) is 0 Å². The summed E-state index contributed by atoms with van der Waals surface area (Å²) in [6.45, 7) is 0.356. The molecule has 1 atom stereocenters. The molecule has 3 aromatic rings. The Balaban J connectivity index is 1.88. The summed E-state index contributed by atoms with van der Waals surface area (Å²) < 4.78 is 30.3. The van der Waals surface area contributed by atoms with E-state index in [1.807, 2.05) is 42.5 Å². The normalized spacial score (nSPS) is 12.4. The van der Waals surface area contributed by atoms with Crippen LogP contribution in [0.15, 0.2) is 42.5 Å². The molecule has 0 aliphatic heterocycles. The SMILES string of the molecule is COc1ccc2c(c1)nnn2-c1cccc(CCNS(=O)[O-])c1. The van der Waals surface area contributed by atoms with Crippen molar-refractivity contribution in [2.75, 3.05) is 13.7 Å². The largest absolute Gasteiger partial charge is 0.760 e. The average Bonchev–Trinajstić information content (AvgIpc) is 2.97. The van der Waals surface area contributed by atoms with E-state index in [0.717, 1.165) is 28.0 Å². The predicted octanol–water partition coefficient (Wildman–Crippen LogP) is 1.36. The molecule has 0 aliphatic rings. The first kappa shape index (κ1) is 15.6. The zero-order valence-corrected chi connectivity index (χ0v) is 13.2. The Morgan fingerprint density at radius 1 is 1.30 bits per heavy atom. The number of hydrogen-bond donors (Lipinski definition) is 1. The molecule has 0 saturated carbocycles. The molecule has 0 aliphatic carbocycles. The summed E-state index contributed by atoms with van der Waals surface area (Å²) in [5.41, 5.74) is 3.51. The van der Waals surface area contributed by atoms with E-state index in [1.54, 1.807) is 11.8 Å². The van der Waals surface area contributed by atoms with Gasteiger partial charge in [0.2, 0.25) is 0 Å². The summed E-state index contributed by atoms with van der Waals surface area (Å²) in [5.74, 6) is 0.731. The zero-order chi connectivity index (χ0) is 16.2. The van der Waals surface area contributed by atoms with Gasteiger partial charge in [-0.2, -0.15) is 0 Å². The van der Waals surface area contributed by atoms with Gasteiger partial charge in [0.1, 0.15) is 11.3 Å². The predicted molar refractivity (Wildman–Crippen MR) is 86.0 cm³/mol. The van der Waals surface area contributed by atoms with Crippen LogP contribution in [0.1, 0.15) is 5.56 Å². The highest BCUT2D eigenvalue weighted by atomic mass is 32.2. The number of nitrogens with one attached hydrogen (secondary N) is 1. The van der Waals surface area contributed by atoms with Gasteiger partial charge in [0.25, 0.3) is 0 Å². The number of rotatable bonds is 6. The summed E-state index contributed by atoms with van der Waals surface area (Å²) in [6.07, 6.45) is 0.599. The molecule has 3 rings (SSSR count). The number of ether oxygens (including phenoxy) is 1. The van der Waals surface area contributed by atoms with E-state index in [-0.39, 0.29) is 0 Å². The quantitative estimate of drug-likeness (QED) is 0.689. The average molecular weight is 331 g/mol. The van der Waals surface area contributed by atoms with E-state index in [1.165, 1.54) is 0 Å². The minimum atomic E-state index is -2.24. The highest BCUT2D eigenvalue weighted by Crippen LogP contribution is 2.21. The molecule has 1 heterocycles. The van der Waals surface area contributed by atoms with Gasteiger partial charge in [0, 0.05) is 23.9 Å². The van der Waals surface area contributed by atoms with Gasteiger partial charge in [-0.05, 0) is 36.2 Å². The van der Waals surface area contributed by atoms with Gasteiger partial charge in [-0.25, -0.2) is 9.40 Å². The van der Waals surface area contributed by atoms with Crippen LogP contribution in [-0.2, 0) is 17.7 Å². The van der Waals surface area contributed by atoms with Crippen LogP contribution in [0.25, 0.3) is 16.7 Å². The molecule has 23 heavy (non-hydrogen) atoms. The molecule has 0 radical (unpaired) electrons. The van der Waals surface area contributed by atoms with Crippen molar-refractivity contribution in [2.45, 2.75) is 6.42 Å². The van der Waals surface area contributed by atoms with Crippen LogP contribution >= 0.6 is 0 Å². The molecule has 0 bridgehead atoms. The molecular formula is C15H15N4O3S-. The lowest BCUT2D eigenvalue weighted by molar-refractivity contribution is 0.415. The maximum absolute atomic E-state index is 10.5. The molecule has 0 saturated heterocycles. The molecule has 8 heteroatoms. The minimum absolute atomic E-state index is 0.356. The number of benzene rings is 2. The van der Waals surface area contributed by atoms with Crippen molar-refractivity contribution in [2.24, 2.45) is 0 Å². The molecule has 1 N–H and O–H groups in total. The van der Waals surface area contributed by atoms with Crippen molar-refractivity contribution >= 4 is 22.3 Å². The third kappa shape index (κ3) is 3.55. The van der Waals surface area contributed by atoms with E-state index < -0.39 is 11.3 Å². The summed E-state index contributed by atoms with van der Waals surface area (Å²) in [7, 11) is 1.61. The Bertz CT molecular complexity index is 850. The van der Waals surface area contributed by atoms with Crippen LogP contribution < -0.4 is 9.46 Å². The number of aromatic nitrogens is 3. The van der Waals surface area contributed by atoms with Crippen molar-refractivity contribution < 1.29 is 13.5 Å². The Morgan fingerprint density at radius 2 is 2.17 bits per heavy atom. The van der Waals surface area contributed by atoms with E-state index in [2.05, 4.69) is 15.0 Å². The first-order valence-corrected chi connectivity index (χ1v) is 8.06. The molecule has 2 aromatic carbocycles. The first-order chi connectivity index (χ1) is 11.2. The van der Waals surface area contributed by atoms with Gasteiger partial charge in [-0.1, -0.05) is 17.3 Å². The smallest absolute Gasteiger partial charge is 0.121 e. The lowest BCUT2D eigenvalue weighted by Crippen LogP contribution is -2.19. The third-order valence-corrected chi connectivity index (χ3v) is 3.88. The second-order valence-electron chi connectivity index (χ2n) is 4.90. The lowest BCUT2D eigenvalue weighted by Gasteiger charge is -2.08. The number of nitrogens with zero attached hydrogens (tertiary/aromatic N) is 3. The third-order valence-electron chi connectivity index (χ3n) is 3.44. The monoisotopic (exact) mass is 331 g/mol. The van der Waals surface area contributed by atoms with Crippen LogP contribution in [-0.4, -0.2) is 37.4 Å². The molecule has 120 valence electrons. The minimum Gasteiger partial charge on any atom is -0.760 e. The van der Waals surface area contributed by atoms with Crippen LogP contribution in [0.5, 0.6) is 5.75 Å². The van der Waals surface area contributed by atoms with Crippen molar-refractivity contribution in [3.63, 3.8) is 0 Å². The van der Waals surface area contributed by atoms with Gasteiger partial charge in [-0.3, -0.25) is 4.21 Å². The van der Waals surface area contributed by atoms with Crippen LogP contribution in [0.4, 0.5) is 0 Å². The molecule has 0 spiro atoms. The second-order valence-corrected chi connectivity index (χ2v) is 5.66. The van der Waals surface area contributed by atoms with Gasteiger partial charge in [0.15, 0.2) is 0 Å². The fourth-order valence-corrected chi connectivity index (χ4v) is 2.61. The standard InChI is InChI=1S/C15H16N4O3S/c1-22-13-5-6-15-14(10-13)17-18-19(15)12-4-2-3-11(9-12)7-8-16-23(20)21/h2-6,9-10,16H,7-8H2,1H3,(H,20,21)/p-1. The lowest BCUT2D eigenvalue weighted by atomic mass is 10.1. The fraction of sp³-hybridized carbons (Fsp3) is 0.200.